The molecule has 0 saturated carbocycles. The maximum atomic E-state index is 11.9. The van der Waals surface area contributed by atoms with Crippen molar-refractivity contribution >= 4 is 17.8 Å². The Hall–Kier alpha value is -2.01. The fourth-order valence-corrected chi connectivity index (χ4v) is 2.06. The van der Waals surface area contributed by atoms with Gasteiger partial charge in [0.25, 0.3) is 0 Å². The zero-order chi connectivity index (χ0) is 22.9. The van der Waals surface area contributed by atoms with E-state index in [9.17, 15) is 40.7 Å². The van der Waals surface area contributed by atoms with Crippen LogP contribution in [0.4, 0.5) is 26.3 Å². The summed E-state index contributed by atoms with van der Waals surface area (Å²) in [6.45, 7) is 0.0630. The molecule has 2 N–H and O–H groups in total. The molecule has 0 unspecified atom stereocenters. The standard InChI is InChI=1S/C14H24F3NO3.C3H3F3O2/c15-14(16,17)13(21)18-11-9-7-5-3-1-2-4-6-8-10-12(19)20;1-8-2(7)3(4,5)6/h1-11H2,(H,18,21)(H,19,20);1H3. The van der Waals surface area contributed by atoms with Gasteiger partial charge in [-0.2, -0.15) is 26.3 Å². The molecule has 0 fully saturated rings. The van der Waals surface area contributed by atoms with Gasteiger partial charge in [-0.15, -0.1) is 0 Å². The van der Waals surface area contributed by atoms with E-state index < -0.39 is 30.2 Å². The summed E-state index contributed by atoms with van der Waals surface area (Å²) >= 11 is 0. The quantitative estimate of drug-likeness (QED) is 0.268. The molecule has 0 aromatic carbocycles. The zero-order valence-corrected chi connectivity index (χ0v) is 16.1. The molecule has 0 bridgehead atoms. The Labute approximate surface area is 165 Å². The molecular formula is C17H27F6NO5. The van der Waals surface area contributed by atoms with Gasteiger partial charge in [-0.05, 0) is 12.8 Å². The van der Waals surface area contributed by atoms with Crippen LogP contribution in [-0.2, 0) is 19.1 Å². The predicted molar refractivity (Wildman–Crippen MR) is 90.9 cm³/mol. The molecule has 1 amide bonds. The first-order valence-electron chi connectivity index (χ1n) is 9.04. The van der Waals surface area contributed by atoms with Gasteiger partial charge >= 0.3 is 30.2 Å². The van der Waals surface area contributed by atoms with Crippen molar-refractivity contribution in [2.24, 2.45) is 0 Å². The lowest BCUT2D eigenvalue weighted by molar-refractivity contribution is -0.196. The van der Waals surface area contributed by atoms with Gasteiger partial charge in [0.1, 0.15) is 0 Å². The minimum Gasteiger partial charge on any atom is -0.481 e. The van der Waals surface area contributed by atoms with Crippen LogP contribution in [0.3, 0.4) is 0 Å². The van der Waals surface area contributed by atoms with Gasteiger partial charge in [-0.25, -0.2) is 4.79 Å². The highest BCUT2D eigenvalue weighted by atomic mass is 19.4. The first-order chi connectivity index (χ1) is 13.3. The second kappa shape index (κ2) is 15.9. The zero-order valence-electron chi connectivity index (χ0n) is 16.1. The highest BCUT2D eigenvalue weighted by Crippen LogP contribution is 2.15. The van der Waals surface area contributed by atoms with Gasteiger partial charge in [-0.1, -0.05) is 44.9 Å². The largest absolute Gasteiger partial charge is 0.490 e. The molecule has 172 valence electrons. The molecule has 0 saturated heterocycles. The average molecular weight is 439 g/mol. The second-order valence-electron chi connectivity index (χ2n) is 6.07. The van der Waals surface area contributed by atoms with Crippen LogP contribution in [0, 0.1) is 0 Å². The Morgan fingerprint density at radius 1 is 0.759 bits per heavy atom. The second-order valence-corrected chi connectivity index (χ2v) is 6.07. The summed E-state index contributed by atoms with van der Waals surface area (Å²) < 4.78 is 71.8. The topological polar surface area (TPSA) is 92.7 Å². The molecular weight excluding hydrogens is 412 g/mol. The van der Waals surface area contributed by atoms with E-state index in [1.165, 1.54) is 0 Å². The van der Waals surface area contributed by atoms with Crippen molar-refractivity contribution in [3.63, 3.8) is 0 Å². The number of rotatable bonds is 12. The number of carboxylic acid groups (broad SMARTS) is 1. The molecule has 0 spiro atoms. The van der Waals surface area contributed by atoms with Crippen LogP contribution >= 0.6 is 0 Å². The molecule has 0 radical (unpaired) electrons. The Kier molecular flexibility index (Phi) is 16.0. The van der Waals surface area contributed by atoms with E-state index in [0.717, 1.165) is 44.9 Å². The first kappa shape index (κ1) is 29.2. The lowest BCUT2D eigenvalue weighted by Crippen LogP contribution is -2.37. The highest BCUT2D eigenvalue weighted by Gasteiger charge is 2.40. The monoisotopic (exact) mass is 439 g/mol. The van der Waals surface area contributed by atoms with Crippen molar-refractivity contribution in [1.82, 2.24) is 5.32 Å². The average Bonchev–Trinajstić information content (AvgIpc) is 2.60. The summed E-state index contributed by atoms with van der Waals surface area (Å²) in [5, 5.41) is 10.3. The van der Waals surface area contributed by atoms with E-state index in [2.05, 4.69) is 4.74 Å². The minimum atomic E-state index is -4.85. The van der Waals surface area contributed by atoms with Crippen LogP contribution in [0.2, 0.25) is 0 Å². The van der Waals surface area contributed by atoms with Crippen LogP contribution in [0.15, 0.2) is 0 Å². The van der Waals surface area contributed by atoms with Gasteiger partial charge in [0, 0.05) is 13.0 Å². The molecule has 0 aliphatic rings. The number of ether oxygens (including phenoxy) is 1. The number of esters is 1. The summed E-state index contributed by atoms with van der Waals surface area (Å²) in [6, 6.07) is 0. The van der Waals surface area contributed by atoms with Crippen molar-refractivity contribution in [2.75, 3.05) is 13.7 Å². The molecule has 6 nitrogen and oxygen atoms in total. The van der Waals surface area contributed by atoms with Crippen LogP contribution in [0.1, 0.15) is 64.2 Å². The van der Waals surface area contributed by atoms with Gasteiger partial charge in [-0.3, -0.25) is 9.59 Å². The summed E-state index contributed by atoms with van der Waals surface area (Å²) in [5.74, 6) is -4.80. The van der Waals surface area contributed by atoms with Crippen molar-refractivity contribution in [1.29, 1.82) is 0 Å². The molecule has 0 heterocycles. The summed E-state index contributed by atoms with van der Waals surface area (Å²) in [4.78, 5) is 30.2. The third-order valence-electron chi connectivity index (χ3n) is 3.53. The SMILES string of the molecule is COC(=O)C(F)(F)F.O=C(O)CCCCCCCCCCCNC(=O)C(F)(F)F. The van der Waals surface area contributed by atoms with Crippen molar-refractivity contribution in [3.05, 3.63) is 0 Å². The number of unbranched alkanes of at least 4 members (excludes halogenated alkanes) is 8. The fraction of sp³-hybridized carbons (Fsp3) is 0.824. The number of carbonyl (C=O) groups excluding carboxylic acids is 2. The normalized spacial score (nSPS) is 11.3. The molecule has 29 heavy (non-hydrogen) atoms. The fourth-order valence-electron chi connectivity index (χ4n) is 2.06. The molecule has 0 atom stereocenters. The lowest BCUT2D eigenvalue weighted by Gasteiger charge is -2.07. The van der Waals surface area contributed by atoms with E-state index >= 15 is 0 Å². The Bertz CT molecular complexity index is 480. The van der Waals surface area contributed by atoms with Crippen LogP contribution in [-0.4, -0.2) is 49.0 Å². The van der Waals surface area contributed by atoms with Crippen LogP contribution in [0.25, 0.3) is 0 Å². The molecule has 12 heteroatoms. The Morgan fingerprint density at radius 3 is 1.48 bits per heavy atom. The number of hydrogen-bond donors (Lipinski definition) is 2. The summed E-state index contributed by atoms with van der Waals surface area (Å²) in [6.07, 6.45) is -1.31. The third-order valence-corrected chi connectivity index (χ3v) is 3.53. The Morgan fingerprint density at radius 2 is 1.17 bits per heavy atom. The number of alkyl halides is 6. The first-order valence-corrected chi connectivity index (χ1v) is 9.04. The highest BCUT2D eigenvalue weighted by molar-refractivity contribution is 5.81. The van der Waals surface area contributed by atoms with E-state index in [1.54, 1.807) is 0 Å². The molecule has 0 aromatic rings. The molecule has 0 aromatic heterocycles. The lowest BCUT2D eigenvalue weighted by atomic mass is 10.1. The number of nitrogens with one attached hydrogen (secondary N) is 1. The number of hydrogen-bond acceptors (Lipinski definition) is 4. The smallest absolute Gasteiger partial charge is 0.481 e. The number of halogens is 6. The van der Waals surface area contributed by atoms with Crippen molar-refractivity contribution in [2.45, 2.75) is 76.6 Å². The third kappa shape index (κ3) is 20.5. The number of methoxy groups -OCH3 is 1. The van der Waals surface area contributed by atoms with E-state index in [-0.39, 0.29) is 13.0 Å². The predicted octanol–water partition coefficient (Wildman–Crippen LogP) is 4.37. The molecule has 0 aliphatic carbocycles. The van der Waals surface area contributed by atoms with E-state index in [0.29, 0.717) is 20.0 Å². The van der Waals surface area contributed by atoms with Crippen molar-refractivity contribution < 1.29 is 50.6 Å². The van der Waals surface area contributed by atoms with Crippen LogP contribution in [0.5, 0.6) is 0 Å². The van der Waals surface area contributed by atoms with Gasteiger partial charge in [0.2, 0.25) is 0 Å². The van der Waals surface area contributed by atoms with Gasteiger partial charge < -0.3 is 15.2 Å². The molecule has 0 aliphatic heterocycles. The minimum absolute atomic E-state index is 0.0630. The van der Waals surface area contributed by atoms with E-state index in [4.69, 9.17) is 5.11 Å². The number of amides is 1. The van der Waals surface area contributed by atoms with Crippen molar-refractivity contribution in [3.8, 4) is 0 Å². The number of carbonyl (C=O) groups is 3. The maximum Gasteiger partial charge on any atom is 0.490 e. The van der Waals surface area contributed by atoms with E-state index in [1.807, 2.05) is 5.32 Å². The number of carboxylic acids is 1. The van der Waals surface area contributed by atoms with Crippen LogP contribution < -0.4 is 5.32 Å². The van der Waals surface area contributed by atoms with Gasteiger partial charge in [0.15, 0.2) is 0 Å². The summed E-state index contributed by atoms with van der Waals surface area (Å²) in [5.41, 5.74) is 0. The van der Waals surface area contributed by atoms with Gasteiger partial charge in [0.05, 0.1) is 7.11 Å². The number of aliphatic carboxylic acids is 1. The molecule has 0 rings (SSSR count). The maximum absolute atomic E-state index is 11.9. The summed E-state index contributed by atoms with van der Waals surface area (Å²) in [7, 11) is 0.676. The Balaban J connectivity index is 0.